The molecule has 0 heterocycles. The summed E-state index contributed by atoms with van der Waals surface area (Å²) in [5.74, 6) is 0. The fraction of sp³-hybridized carbons (Fsp3) is 1.00. The van der Waals surface area contributed by atoms with Gasteiger partial charge in [-0.3, -0.25) is 5.43 Å². The van der Waals surface area contributed by atoms with Crippen LogP contribution >= 0.6 is 0 Å². The Hall–Kier alpha value is 0.0969. The van der Waals surface area contributed by atoms with Gasteiger partial charge in [-0.2, -0.15) is 0 Å². The normalized spacial score (nSPS) is 12.5. The molecule has 74 valence electrons. The van der Waals surface area contributed by atoms with Crippen LogP contribution in [0.1, 0.15) is 20.3 Å². The first-order valence-corrected chi connectivity index (χ1v) is 7.86. The van der Waals surface area contributed by atoms with Crippen molar-refractivity contribution in [2.24, 2.45) is 0 Å². The molecule has 12 heavy (non-hydrogen) atoms. The summed E-state index contributed by atoms with van der Waals surface area (Å²) in [6, 6.07) is 0. The molecule has 0 unspecified atom stereocenters. The minimum absolute atomic E-state index is 0.814. The second-order valence-corrected chi connectivity index (χ2v) is 7.69. The van der Waals surface area contributed by atoms with Gasteiger partial charge in [0.1, 0.15) is 0 Å². The Kier molecular flexibility index (Phi) is 5.74. The fourth-order valence-corrected chi connectivity index (χ4v) is 2.38. The lowest BCUT2D eigenvalue weighted by atomic mass is 10.5. The van der Waals surface area contributed by atoms with E-state index in [0.717, 1.165) is 25.7 Å². The maximum atomic E-state index is 9.70. The monoisotopic (exact) mass is 190 g/mol. The second kappa shape index (κ2) is 5.69. The lowest BCUT2D eigenvalue weighted by molar-refractivity contribution is 0.215. The first kappa shape index (κ1) is 12.1. The molecule has 4 heteroatoms. The SMILES string of the molecule is CCCN(C[Si](C)(C)O)NCC. The summed E-state index contributed by atoms with van der Waals surface area (Å²) in [6.07, 6.45) is 1.94. The molecule has 0 aromatic carbocycles. The molecule has 0 atom stereocenters. The average Bonchev–Trinajstić information content (AvgIpc) is 1.84. The Morgan fingerprint density at radius 1 is 1.33 bits per heavy atom. The van der Waals surface area contributed by atoms with Crippen LogP contribution in [0.5, 0.6) is 0 Å². The minimum Gasteiger partial charge on any atom is -0.431 e. The number of hydrogen-bond donors (Lipinski definition) is 2. The summed E-state index contributed by atoms with van der Waals surface area (Å²) in [5.41, 5.74) is 3.25. The summed E-state index contributed by atoms with van der Waals surface area (Å²) in [4.78, 5) is 9.70. The summed E-state index contributed by atoms with van der Waals surface area (Å²) in [5, 5.41) is 2.13. The average molecular weight is 190 g/mol. The molecule has 0 saturated carbocycles. The van der Waals surface area contributed by atoms with E-state index < -0.39 is 8.32 Å². The predicted octanol–water partition coefficient (Wildman–Crippen LogP) is 0.959. The number of hydrazine groups is 1. The van der Waals surface area contributed by atoms with Crippen molar-refractivity contribution in [2.75, 3.05) is 19.3 Å². The molecule has 0 aliphatic heterocycles. The summed E-state index contributed by atoms with van der Waals surface area (Å²) < 4.78 is 0. The van der Waals surface area contributed by atoms with E-state index >= 15 is 0 Å². The first-order chi connectivity index (χ1) is 5.49. The van der Waals surface area contributed by atoms with Gasteiger partial charge in [-0.1, -0.05) is 13.8 Å². The number of nitrogens with zero attached hydrogens (tertiary/aromatic N) is 1. The third-order valence-corrected chi connectivity index (χ3v) is 2.61. The smallest absolute Gasteiger partial charge is 0.197 e. The van der Waals surface area contributed by atoms with Gasteiger partial charge in [0.05, 0.1) is 0 Å². The Bertz CT molecular complexity index is 108. The Labute approximate surface area is 76.9 Å². The molecule has 0 bridgehead atoms. The van der Waals surface area contributed by atoms with Gasteiger partial charge in [0.15, 0.2) is 8.32 Å². The zero-order valence-corrected chi connectivity index (χ0v) is 9.72. The van der Waals surface area contributed by atoms with E-state index in [1.165, 1.54) is 0 Å². The van der Waals surface area contributed by atoms with Crippen LogP contribution in [0.2, 0.25) is 13.1 Å². The van der Waals surface area contributed by atoms with Crippen LogP contribution in [-0.4, -0.2) is 37.4 Å². The van der Waals surface area contributed by atoms with Gasteiger partial charge >= 0.3 is 0 Å². The maximum absolute atomic E-state index is 9.70. The topological polar surface area (TPSA) is 35.5 Å². The standard InChI is InChI=1S/C8H22N2OSi/c1-5-7-10(9-6-2)8-12(3,4)11/h9,11H,5-8H2,1-4H3. The van der Waals surface area contributed by atoms with Gasteiger partial charge < -0.3 is 4.80 Å². The molecule has 0 spiro atoms. The van der Waals surface area contributed by atoms with Gasteiger partial charge in [0.2, 0.25) is 0 Å². The molecule has 0 radical (unpaired) electrons. The highest BCUT2D eigenvalue weighted by atomic mass is 28.4. The van der Waals surface area contributed by atoms with Gasteiger partial charge in [-0.25, -0.2) is 5.01 Å². The predicted molar refractivity (Wildman–Crippen MR) is 55.2 cm³/mol. The zero-order valence-electron chi connectivity index (χ0n) is 8.72. The molecule has 3 nitrogen and oxygen atoms in total. The first-order valence-electron chi connectivity index (χ1n) is 4.70. The molecular formula is C8H22N2OSi. The highest BCUT2D eigenvalue weighted by Gasteiger charge is 2.20. The van der Waals surface area contributed by atoms with Gasteiger partial charge in [-0.05, 0) is 19.5 Å². The van der Waals surface area contributed by atoms with Gasteiger partial charge in [0.25, 0.3) is 0 Å². The van der Waals surface area contributed by atoms with Crippen molar-refractivity contribution >= 4 is 8.32 Å². The quantitative estimate of drug-likeness (QED) is 0.484. The van der Waals surface area contributed by atoms with E-state index in [1.54, 1.807) is 0 Å². The maximum Gasteiger partial charge on any atom is 0.197 e. The Morgan fingerprint density at radius 3 is 2.25 bits per heavy atom. The lowest BCUT2D eigenvalue weighted by Crippen LogP contribution is -2.49. The third kappa shape index (κ3) is 6.79. The summed E-state index contributed by atoms with van der Waals surface area (Å²) in [7, 11) is -1.93. The highest BCUT2D eigenvalue weighted by Crippen LogP contribution is 1.98. The van der Waals surface area contributed by atoms with E-state index in [4.69, 9.17) is 0 Å². The Morgan fingerprint density at radius 2 is 1.92 bits per heavy atom. The van der Waals surface area contributed by atoms with Crippen molar-refractivity contribution in [1.82, 2.24) is 10.4 Å². The lowest BCUT2D eigenvalue weighted by Gasteiger charge is -2.27. The number of nitrogens with one attached hydrogen (secondary N) is 1. The van der Waals surface area contributed by atoms with Crippen molar-refractivity contribution in [3.8, 4) is 0 Å². The van der Waals surface area contributed by atoms with Crippen molar-refractivity contribution in [3.63, 3.8) is 0 Å². The van der Waals surface area contributed by atoms with Crippen LogP contribution < -0.4 is 5.43 Å². The largest absolute Gasteiger partial charge is 0.431 e. The van der Waals surface area contributed by atoms with Crippen LogP contribution in [-0.2, 0) is 0 Å². The van der Waals surface area contributed by atoms with Crippen molar-refractivity contribution in [3.05, 3.63) is 0 Å². The van der Waals surface area contributed by atoms with Crippen molar-refractivity contribution < 1.29 is 4.80 Å². The van der Waals surface area contributed by atoms with E-state index in [-0.39, 0.29) is 0 Å². The minimum atomic E-state index is -1.93. The number of rotatable bonds is 6. The molecule has 2 N–H and O–H groups in total. The van der Waals surface area contributed by atoms with Crippen molar-refractivity contribution in [1.29, 1.82) is 0 Å². The van der Waals surface area contributed by atoms with Crippen LogP contribution in [0, 0.1) is 0 Å². The molecule has 0 amide bonds. The third-order valence-electron chi connectivity index (χ3n) is 1.45. The van der Waals surface area contributed by atoms with E-state index in [9.17, 15) is 4.80 Å². The highest BCUT2D eigenvalue weighted by molar-refractivity contribution is 6.69. The summed E-state index contributed by atoms with van der Waals surface area (Å²) in [6.45, 7) is 10.1. The zero-order chi connectivity index (χ0) is 9.61. The van der Waals surface area contributed by atoms with Crippen LogP contribution in [0.25, 0.3) is 0 Å². The molecule has 0 aromatic rings. The van der Waals surface area contributed by atoms with Gasteiger partial charge in [-0.15, -0.1) is 0 Å². The van der Waals surface area contributed by atoms with E-state index in [2.05, 4.69) is 24.3 Å². The van der Waals surface area contributed by atoms with Crippen LogP contribution in [0.4, 0.5) is 0 Å². The molecule has 0 aromatic heterocycles. The molecule has 0 fully saturated rings. The van der Waals surface area contributed by atoms with E-state index in [1.807, 2.05) is 13.1 Å². The van der Waals surface area contributed by atoms with Crippen molar-refractivity contribution in [2.45, 2.75) is 33.4 Å². The molecule has 0 aliphatic carbocycles. The van der Waals surface area contributed by atoms with E-state index in [0.29, 0.717) is 0 Å². The summed E-state index contributed by atoms with van der Waals surface area (Å²) >= 11 is 0. The number of hydrogen-bond acceptors (Lipinski definition) is 3. The molecular weight excluding hydrogens is 168 g/mol. The Balaban J connectivity index is 3.77. The molecule has 0 rings (SSSR count). The van der Waals surface area contributed by atoms with Crippen LogP contribution in [0.3, 0.4) is 0 Å². The van der Waals surface area contributed by atoms with Crippen LogP contribution in [0.15, 0.2) is 0 Å². The fourth-order valence-electron chi connectivity index (χ4n) is 1.17. The molecule has 0 aliphatic rings. The second-order valence-electron chi connectivity index (χ2n) is 3.75. The molecule has 0 saturated heterocycles. The van der Waals surface area contributed by atoms with Gasteiger partial charge in [0, 0.05) is 19.3 Å².